The molecule has 2 fully saturated rings. The first-order valence-electron chi connectivity index (χ1n) is 13.9. The Balaban J connectivity index is 1.88. The molecule has 0 aliphatic heterocycles. The zero-order valence-corrected chi connectivity index (χ0v) is 23.3. The van der Waals surface area contributed by atoms with Gasteiger partial charge in [0.1, 0.15) is 17.5 Å². The SMILES string of the molecule is CCCCCCc1ccc(O)c2c1C[C@]1(C)C[C@]3(C)C(C(C)C)C(=O)C(C(C)=O)C(=O)[C@]3(O)C(=O)C1C2=O. The van der Waals surface area contributed by atoms with E-state index in [1.165, 1.54) is 6.07 Å². The number of unbranched alkanes of at least 4 members (excludes halogenated alkanes) is 3. The Hall–Kier alpha value is -2.67. The van der Waals surface area contributed by atoms with Crippen LogP contribution in [0.15, 0.2) is 12.1 Å². The number of aliphatic hydroxyl groups is 1. The minimum atomic E-state index is -2.66. The lowest BCUT2D eigenvalue weighted by molar-refractivity contribution is -0.205. The van der Waals surface area contributed by atoms with Crippen molar-refractivity contribution in [3.05, 3.63) is 28.8 Å². The van der Waals surface area contributed by atoms with E-state index in [0.717, 1.165) is 44.6 Å². The van der Waals surface area contributed by atoms with E-state index >= 15 is 0 Å². The van der Waals surface area contributed by atoms with Crippen molar-refractivity contribution < 1.29 is 34.2 Å². The molecule has 3 aliphatic rings. The minimum absolute atomic E-state index is 0.0774. The van der Waals surface area contributed by atoms with Gasteiger partial charge in [-0.15, -0.1) is 0 Å². The maximum Gasteiger partial charge on any atom is 0.190 e. The van der Waals surface area contributed by atoms with Crippen LogP contribution in [0.1, 0.15) is 95.1 Å². The molecule has 0 aromatic heterocycles. The maximum absolute atomic E-state index is 14.2. The molecule has 0 amide bonds. The number of hydrogen-bond donors (Lipinski definition) is 2. The highest BCUT2D eigenvalue weighted by Crippen LogP contribution is 2.63. The summed E-state index contributed by atoms with van der Waals surface area (Å²) in [6, 6.07) is 3.31. The van der Waals surface area contributed by atoms with Gasteiger partial charge in [-0.1, -0.05) is 59.9 Å². The second-order valence-corrected chi connectivity index (χ2v) is 12.7. The Morgan fingerprint density at radius 1 is 1.05 bits per heavy atom. The predicted molar refractivity (Wildman–Crippen MR) is 141 cm³/mol. The Morgan fingerprint density at radius 2 is 1.71 bits per heavy atom. The molecule has 7 nitrogen and oxygen atoms in total. The molecule has 0 radical (unpaired) electrons. The molecule has 7 heteroatoms. The standard InChI is InChI=1S/C31H40O7/c1-7-8-9-10-11-18-12-13-20(33)22-19(18)14-29(5)15-30(6)23(16(2)3)25(34)21(17(4)32)27(36)31(30,38)28(37)24(29)26(22)35/h12-13,16,21,23-24,33,38H,7-11,14-15H2,1-6H3/t21?,23?,24?,29-,30-,31+/m1/s1. The van der Waals surface area contributed by atoms with Crippen LogP contribution in [0.25, 0.3) is 0 Å². The van der Waals surface area contributed by atoms with Gasteiger partial charge in [-0.3, -0.25) is 24.0 Å². The van der Waals surface area contributed by atoms with Gasteiger partial charge in [0.15, 0.2) is 28.7 Å². The van der Waals surface area contributed by atoms with E-state index in [1.807, 2.05) is 13.0 Å². The summed E-state index contributed by atoms with van der Waals surface area (Å²) in [7, 11) is 0. The molecule has 2 saturated carbocycles. The van der Waals surface area contributed by atoms with Crippen LogP contribution in [0.5, 0.6) is 5.75 Å². The molecular formula is C31H40O7. The van der Waals surface area contributed by atoms with Crippen LogP contribution in [0.2, 0.25) is 0 Å². The van der Waals surface area contributed by atoms with E-state index in [0.29, 0.717) is 12.0 Å². The lowest BCUT2D eigenvalue weighted by atomic mass is 9.40. The van der Waals surface area contributed by atoms with E-state index < -0.39 is 63.1 Å². The number of carbonyl (C=O) groups is 5. The van der Waals surface area contributed by atoms with Gasteiger partial charge in [0.05, 0.1) is 11.5 Å². The summed E-state index contributed by atoms with van der Waals surface area (Å²) in [6.45, 7) is 10.2. The van der Waals surface area contributed by atoms with Crippen molar-refractivity contribution in [1.82, 2.24) is 0 Å². The second kappa shape index (κ2) is 9.51. The number of phenols is 1. The quantitative estimate of drug-likeness (QED) is 0.404. The van der Waals surface area contributed by atoms with Crippen LogP contribution in [-0.2, 0) is 32.0 Å². The number of fused-ring (bicyclic) bond motifs is 3. The zero-order valence-electron chi connectivity index (χ0n) is 23.3. The topological polar surface area (TPSA) is 126 Å². The third kappa shape index (κ3) is 3.75. The summed E-state index contributed by atoms with van der Waals surface area (Å²) < 4.78 is 0. The molecule has 0 spiro atoms. The van der Waals surface area contributed by atoms with E-state index in [9.17, 15) is 34.2 Å². The largest absolute Gasteiger partial charge is 0.507 e. The smallest absolute Gasteiger partial charge is 0.190 e. The number of benzene rings is 1. The van der Waals surface area contributed by atoms with Crippen molar-refractivity contribution in [1.29, 1.82) is 0 Å². The number of aromatic hydroxyl groups is 1. The third-order valence-electron chi connectivity index (χ3n) is 9.66. The fourth-order valence-electron chi connectivity index (χ4n) is 8.17. The van der Waals surface area contributed by atoms with Gasteiger partial charge >= 0.3 is 0 Å². The molecule has 38 heavy (non-hydrogen) atoms. The van der Waals surface area contributed by atoms with Crippen molar-refractivity contribution in [2.75, 3.05) is 0 Å². The summed E-state index contributed by atoms with van der Waals surface area (Å²) >= 11 is 0. The fourth-order valence-corrected chi connectivity index (χ4v) is 8.17. The predicted octanol–water partition coefficient (Wildman–Crippen LogP) is 4.22. The van der Waals surface area contributed by atoms with Crippen LogP contribution in [-0.4, -0.2) is 44.7 Å². The number of carbonyl (C=O) groups excluding carboxylic acids is 5. The molecule has 0 saturated heterocycles. The van der Waals surface area contributed by atoms with E-state index in [-0.39, 0.29) is 23.7 Å². The van der Waals surface area contributed by atoms with Gasteiger partial charge < -0.3 is 10.2 Å². The first-order valence-corrected chi connectivity index (χ1v) is 13.9. The molecule has 3 aliphatic carbocycles. The summed E-state index contributed by atoms with van der Waals surface area (Å²) in [5, 5.41) is 22.8. The molecule has 1 aromatic rings. The Kier molecular flexibility index (Phi) is 7.09. The lowest BCUT2D eigenvalue weighted by Crippen LogP contribution is -2.76. The van der Waals surface area contributed by atoms with Crippen molar-refractivity contribution in [2.24, 2.45) is 34.5 Å². The van der Waals surface area contributed by atoms with E-state index in [1.54, 1.807) is 20.8 Å². The van der Waals surface area contributed by atoms with Gasteiger partial charge in [-0.05, 0) is 61.1 Å². The number of phenolic OH excluding ortho intramolecular Hbond substituents is 1. The fraction of sp³-hybridized carbons (Fsp3) is 0.645. The first-order chi connectivity index (χ1) is 17.7. The molecule has 4 rings (SSSR count). The van der Waals surface area contributed by atoms with Gasteiger partial charge in [-0.25, -0.2) is 0 Å². The van der Waals surface area contributed by atoms with Crippen LogP contribution >= 0.6 is 0 Å². The maximum atomic E-state index is 14.2. The van der Waals surface area contributed by atoms with Crippen molar-refractivity contribution >= 4 is 28.9 Å². The molecule has 0 bridgehead atoms. The Bertz CT molecular complexity index is 1230. The molecule has 206 valence electrons. The third-order valence-corrected chi connectivity index (χ3v) is 9.66. The highest BCUT2D eigenvalue weighted by atomic mass is 16.3. The van der Waals surface area contributed by atoms with Gasteiger partial charge in [0, 0.05) is 11.3 Å². The second-order valence-electron chi connectivity index (χ2n) is 12.7. The first kappa shape index (κ1) is 28.3. The number of aryl methyl sites for hydroxylation is 1. The van der Waals surface area contributed by atoms with Gasteiger partial charge in [-0.2, -0.15) is 0 Å². The van der Waals surface area contributed by atoms with Crippen LogP contribution < -0.4 is 0 Å². The average molecular weight is 525 g/mol. The summed E-state index contributed by atoms with van der Waals surface area (Å²) in [4.78, 5) is 67.9. The van der Waals surface area contributed by atoms with Crippen LogP contribution in [0.3, 0.4) is 0 Å². The summed E-state index contributed by atoms with van der Waals surface area (Å²) in [5.74, 6) is -8.54. The average Bonchev–Trinajstić information content (AvgIpc) is 2.79. The van der Waals surface area contributed by atoms with Crippen molar-refractivity contribution in [2.45, 2.75) is 92.1 Å². The summed E-state index contributed by atoms with van der Waals surface area (Å²) in [5.41, 5.74) is -3.37. The normalized spacial score (nSPS) is 34.7. The highest BCUT2D eigenvalue weighted by molar-refractivity contribution is 6.32. The number of Topliss-reactive ketones (excluding diaryl/α,β-unsaturated/α-hetero) is 5. The lowest BCUT2D eigenvalue weighted by Gasteiger charge is -2.61. The monoisotopic (exact) mass is 524 g/mol. The van der Waals surface area contributed by atoms with Gasteiger partial charge in [0.2, 0.25) is 0 Å². The van der Waals surface area contributed by atoms with E-state index in [2.05, 4.69) is 6.92 Å². The number of hydrogen-bond acceptors (Lipinski definition) is 7. The van der Waals surface area contributed by atoms with Crippen molar-refractivity contribution in [3.63, 3.8) is 0 Å². The number of ketones is 5. The molecule has 3 unspecified atom stereocenters. The molecule has 2 N–H and O–H groups in total. The van der Waals surface area contributed by atoms with Crippen molar-refractivity contribution in [3.8, 4) is 5.75 Å². The molecule has 1 aromatic carbocycles. The molecular weight excluding hydrogens is 484 g/mol. The Morgan fingerprint density at radius 3 is 2.29 bits per heavy atom. The zero-order chi connectivity index (χ0) is 28.4. The van der Waals surface area contributed by atoms with Crippen LogP contribution in [0, 0.1) is 34.5 Å². The molecule has 0 heterocycles. The van der Waals surface area contributed by atoms with E-state index in [4.69, 9.17) is 0 Å². The minimum Gasteiger partial charge on any atom is -0.507 e. The molecule has 6 atom stereocenters. The summed E-state index contributed by atoms with van der Waals surface area (Å²) in [6.07, 6.45) is 5.28. The number of rotatable bonds is 7. The van der Waals surface area contributed by atoms with Crippen LogP contribution in [0.4, 0.5) is 0 Å². The van der Waals surface area contributed by atoms with Gasteiger partial charge in [0.25, 0.3) is 0 Å². The highest BCUT2D eigenvalue weighted by Gasteiger charge is 2.76. The Labute approximate surface area is 224 Å².